The van der Waals surface area contributed by atoms with Crippen LogP contribution in [-0.2, 0) is 0 Å². The molecule has 0 saturated heterocycles. The van der Waals surface area contributed by atoms with Crippen molar-refractivity contribution in [3.63, 3.8) is 0 Å². The molecule has 41 valence electrons. The van der Waals surface area contributed by atoms with Gasteiger partial charge >= 0.3 is 0 Å². The summed E-state index contributed by atoms with van der Waals surface area (Å²) in [6, 6.07) is 0. The Bertz CT molecular complexity index is 27.3. The first-order chi connectivity index (χ1) is 3.41. The highest BCUT2D eigenvalue weighted by atomic mass is 35.5. The van der Waals surface area contributed by atoms with Crippen molar-refractivity contribution < 1.29 is 0 Å². The number of hydrogen-bond donors (Lipinski definition) is 0. The van der Waals surface area contributed by atoms with Gasteiger partial charge in [0.25, 0.3) is 0 Å². The molecule has 0 saturated carbocycles. The van der Waals surface area contributed by atoms with Crippen molar-refractivity contribution in [3.05, 3.63) is 0 Å². The van der Waals surface area contributed by atoms with Gasteiger partial charge in [0.1, 0.15) is 0 Å². The van der Waals surface area contributed by atoms with Crippen LogP contribution in [0.1, 0.15) is 26.2 Å². The molecule has 0 aliphatic heterocycles. The molecule has 0 nitrogen and oxygen atoms in total. The Balaban J connectivity index is 2.45. The predicted molar refractivity (Wildman–Crippen MR) is 35.9 cm³/mol. The number of halogens is 1. The van der Waals surface area contributed by atoms with Crippen LogP contribution in [0.2, 0.25) is 6.32 Å². The van der Waals surface area contributed by atoms with Gasteiger partial charge in [0.2, 0.25) is 6.69 Å². The molecule has 0 spiro atoms. The van der Waals surface area contributed by atoms with E-state index in [0.717, 1.165) is 6.32 Å². The zero-order valence-corrected chi connectivity index (χ0v) is 5.54. The summed E-state index contributed by atoms with van der Waals surface area (Å²) in [7, 11) is 0. The topological polar surface area (TPSA) is 0 Å². The van der Waals surface area contributed by atoms with Crippen LogP contribution in [0.5, 0.6) is 0 Å². The minimum Gasteiger partial charge on any atom is -0.204 e. The monoisotopic (exact) mass is 117 g/mol. The molecule has 0 aromatic rings. The van der Waals surface area contributed by atoms with Gasteiger partial charge in [0, 0.05) is 0 Å². The zero-order chi connectivity index (χ0) is 5.54. The Morgan fingerprint density at radius 2 is 2.14 bits per heavy atom. The van der Waals surface area contributed by atoms with Gasteiger partial charge in [-0.15, -0.1) is 0 Å². The highest BCUT2D eigenvalue weighted by Crippen LogP contribution is 1.98. The van der Waals surface area contributed by atoms with Crippen molar-refractivity contribution in [3.8, 4) is 0 Å². The molecule has 0 N–H and O–H groups in total. The van der Waals surface area contributed by atoms with Crippen molar-refractivity contribution in [1.82, 2.24) is 0 Å². The van der Waals surface area contributed by atoms with Crippen LogP contribution in [0.3, 0.4) is 0 Å². The minimum absolute atomic E-state index is 1.06. The molecule has 0 atom stereocenters. The van der Waals surface area contributed by atoms with Gasteiger partial charge in [-0.3, -0.25) is 0 Å². The molecule has 0 aliphatic rings. The summed E-state index contributed by atoms with van der Waals surface area (Å²) >= 11 is 5.31. The number of rotatable bonds is 4. The predicted octanol–water partition coefficient (Wildman–Crippen LogP) is 2.45. The van der Waals surface area contributed by atoms with Crippen molar-refractivity contribution in [2.24, 2.45) is 0 Å². The van der Waals surface area contributed by atoms with Gasteiger partial charge in [-0.1, -0.05) is 32.5 Å². The number of unbranched alkanes of at least 4 members (excludes halogenated alkanes) is 2. The molecule has 0 unspecified atom stereocenters. The lowest BCUT2D eigenvalue weighted by Gasteiger charge is -1.88. The van der Waals surface area contributed by atoms with E-state index in [9.17, 15) is 0 Å². The second-order valence-electron chi connectivity index (χ2n) is 1.65. The largest absolute Gasteiger partial charge is 0.238 e. The van der Waals surface area contributed by atoms with Crippen LogP contribution < -0.4 is 0 Å². The molecule has 0 aromatic heterocycles. The molecule has 1 radical (unpaired) electrons. The Morgan fingerprint density at radius 1 is 1.43 bits per heavy atom. The maximum Gasteiger partial charge on any atom is 0.238 e. The lowest BCUT2D eigenvalue weighted by Crippen LogP contribution is -1.76. The third kappa shape index (κ3) is 6.35. The van der Waals surface area contributed by atoms with E-state index in [1.807, 2.05) is 0 Å². The normalized spacial score (nSPS) is 8.86. The molecular formula is C5H11BCl. The summed E-state index contributed by atoms with van der Waals surface area (Å²) in [6.45, 7) is 3.89. The van der Waals surface area contributed by atoms with Crippen molar-refractivity contribution in [2.45, 2.75) is 32.5 Å². The first-order valence-corrected chi connectivity index (χ1v) is 3.27. The summed E-state index contributed by atoms with van der Waals surface area (Å²) < 4.78 is 0. The van der Waals surface area contributed by atoms with Gasteiger partial charge in [-0.2, -0.15) is 0 Å². The SMILES string of the molecule is CCCCC[B]Cl. The summed E-state index contributed by atoms with van der Waals surface area (Å²) in [6.07, 6.45) is 4.91. The molecule has 0 bridgehead atoms. The molecule has 0 aliphatic carbocycles. The maximum atomic E-state index is 5.31. The molecular weight excluding hydrogens is 106 g/mol. The Kier molecular flexibility index (Phi) is 6.68. The lowest BCUT2D eigenvalue weighted by atomic mass is 9.98. The third-order valence-corrected chi connectivity index (χ3v) is 1.14. The first kappa shape index (κ1) is 7.35. The third-order valence-electron chi connectivity index (χ3n) is 0.917. The highest BCUT2D eigenvalue weighted by molar-refractivity contribution is 6.93. The molecule has 0 rings (SSSR count). The summed E-state index contributed by atoms with van der Waals surface area (Å²) in [5.41, 5.74) is 0. The van der Waals surface area contributed by atoms with Crippen LogP contribution in [0.25, 0.3) is 0 Å². The smallest absolute Gasteiger partial charge is 0.204 e. The van der Waals surface area contributed by atoms with E-state index in [4.69, 9.17) is 11.5 Å². The fraction of sp³-hybridized carbons (Fsp3) is 1.00. The van der Waals surface area contributed by atoms with Crippen LogP contribution in [0.15, 0.2) is 0 Å². The molecule has 7 heavy (non-hydrogen) atoms. The minimum atomic E-state index is 1.06. The molecule has 0 fully saturated rings. The van der Waals surface area contributed by atoms with Crippen molar-refractivity contribution in [1.29, 1.82) is 0 Å². The van der Waals surface area contributed by atoms with Crippen LogP contribution in [0, 0.1) is 0 Å². The summed E-state index contributed by atoms with van der Waals surface area (Å²) in [4.78, 5) is 0. The summed E-state index contributed by atoms with van der Waals surface area (Å²) in [5, 5.41) is 0. The van der Waals surface area contributed by atoms with E-state index in [-0.39, 0.29) is 0 Å². The van der Waals surface area contributed by atoms with E-state index in [1.54, 1.807) is 6.69 Å². The van der Waals surface area contributed by atoms with Gasteiger partial charge in [-0.25, -0.2) is 11.5 Å². The maximum absolute atomic E-state index is 5.31. The highest BCUT2D eigenvalue weighted by Gasteiger charge is 1.83. The second-order valence-corrected chi connectivity index (χ2v) is 1.96. The van der Waals surface area contributed by atoms with Gasteiger partial charge in [0.15, 0.2) is 0 Å². The van der Waals surface area contributed by atoms with Crippen molar-refractivity contribution in [2.75, 3.05) is 0 Å². The first-order valence-electron chi connectivity index (χ1n) is 2.83. The van der Waals surface area contributed by atoms with Gasteiger partial charge in [0.05, 0.1) is 0 Å². The Hall–Kier alpha value is 0.355. The quantitative estimate of drug-likeness (QED) is 0.392. The fourth-order valence-electron chi connectivity index (χ4n) is 0.471. The standard InChI is InChI=1S/C5H11BCl/c1-2-3-4-5-6-7/h2-5H2,1H3. The van der Waals surface area contributed by atoms with Gasteiger partial charge < -0.3 is 0 Å². The van der Waals surface area contributed by atoms with E-state index in [1.165, 1.54) is 19.3 Å². The average Bonchev–Trinajstić information content (AvgIpc) is 1.69. The summed E-state index contributed by atoms with van der Waals surface area (Å²) in [5.74, 6) is 0. The average molecular weight is 117 g/mol. The van der Waals surface area contributed by atoms with Crippen LogP contribution >= 0.6 is 11.5 Å². The van der Waals surface area contributed by atoms with Crippen LogP contribution in [0.4, 0.5) is 0 Å². The Labute approximate surface area is 51.4 Å². The van der Waals surface area contributed by atoms with E-state index < -0.39 is 0 Å². The zero-order valence-electron chi connectivity index (χ0n) is 4.78. The molecule has 2 heteroatoms. The number of hydrogen-bond acceptors (Lipinski definition) is 0. The van der Waals surface area contributed by atoms with E-state index in [0.29, 0.717) is 0 Å². The van der Waals surface area contributed by atoms with Crippen LogP contribution in [-0.4, -0.2) is 6.69 Å². The lowest BCUT2D eigenvalue weighted by molar-refractivity contribution is 0.770. The van der Waals surface area contributed by atoms with E-state index in [2.05, 4.69) is 6.92 Å². The molecule has 0 heterocycles. The fourth-order valence-corrected chi connectivity index (χ4v) is 0.626. The van der Waals surface area contributed by atoms with E-state index >= 15 is 0 Å². The second kappa shape index (κ2) is 6.35. The van der Waals surface area contributed by atoms with Crippen molar-refractivity contribution >= 4 is 18.2 Å². The Morgan fingerprint density at radius 3 is 2.57 bits per heavy atom. The molecule has 0 amide bonds. The molecule has 0 aromatic carbocycles. The van der Waals surface area contributed by atoms with Gasteiger partial charge in [-0.05, 0) is 0 Å².